The highest BCUT2D eigenvalue weighted by molar-refractivity contribution is 6.29. The normalized spacial score (nSPS) is 16.1. The Morgan fingerprint density at radius 2 is 2.00 bits per heavy atom. The second-order valence-electron chi connectivity index (χ2n) is 3.59. The number of aryl methyl sites for hydroxylation is 1. The van der Waals surface area contributed by atoms with E-state index in [9.17, 15) is 18.0 Å². The Morgan fingerprint density at radius 1 is 1.31 bits per heavy atom. The summed E-state index contributed by atoms with van der Waals surface area (Å²) in [5.74, 6) is -0.502. The quantitative estimate of drug-likeness (QED) is 0.661. The summed E-state index contributed by atoms with van der Waals surface area (Å²) < 4.78 is 38.1. The number of carbonyl (C=O) groups excluding carboxylic acids is 1. The predicted molar refractivity (Wildman–Crippen MR) is 51.5 cm³/mol. The van der Waals surface area contributed by atoms with Gasteiger partial charge >= 0.3 is 6.18 Å². The van der Waals surface area contributed by atoms with E-state index in [2.05, 4.69) is 4.98 Å². The van der Waals surface area contributed by atoms with Crippen molar-refractivity contribution in [2.24, 2.45) is 0 Å². The number of rotatable bonds is 0. The summed E-state index contributed by atoms with van der Waals surface area (Å²) >= 11 is 5.51. The zero-order valence-electron chi connectivity index (χ0n) is 8.07. The molecule has 1 aromatic heterocycles. The first-order valence-corrected chi connectivity index (χ1v) is 5.07. The summed E-state index contributed by atoms with van der Waals surface area (Å²) in [4.78, 5) is 15.3. The number of alkyl halides is 3. The molecule has 0 N–H and O–H groups in total. The number of pyridine rings is 1. The summed E-state index contributed by atoms with van der Waals surface area (Å²) in [5.41, 5.74) is -1.11. The van der Waals surface area contributed by atoms with E-state index in [1.54, 1.807) is 0 Å². The standard InChI is InChI=1S/C10H7ClF3NO/c11-8-4-5(10(12,13)14)9-6(15-8)2-1-3-7(9)16/h4H,1-3H2. The van der Waals surface area contributed by atoms with Gasteiger partial charge in [-0.05, 0) is 18.9 Å². The molecule has 0 unspecified atom stereocenters. The van der Waals surface area contributed by atoms with E-state index in [1.807, 2.05) is 0 Å². The van der Waals surface area contributed by atoms with Crippen molar-refractivity contribution in [1.82, 2.24) is 4.98 Å². The molecular weight excluding hydrogens is 243 g/mol. The lowest BCUT2D eigenvalue weighted by molar-refractivity contribution is -0.138. The fraction of sp³-hybridized carbons (Fsp3) is 0.400. The van der Waals surface area contributed by atoms with Crippen LogP contribution in [-0.4, -0.2) is 10.8 Å². The molecule has 1 aliphatic rings. The van der Waals surface area contributed by atoms with Crippen molar-refractivity contribution < 1.29 is 18.0 Å². The zero-order valence-corrected chi connectivity index (χ0v) is 8.82. The lowest BCUT2D eigenvalue weighted by Gasteiger charge is -2.19. The molecule has 0 atom stereocenters. The van der Waals surface area contributed by atoms with Crippen molar-refractivity contribution >= 4 is 17.4 Å². The minimum absolute atomic E-state index is 0.138. The van der Waals surface area contributed by atoms with Crippen LogP contribution in [0.15, 0.2) is 6.07 Å². The van der Waals surface area contributed by atoms with E-state index >= 15 is 0 Å². The molecule has 0 amide bonds. The fourth-order valence-electron chi connectivity index (χ4n) is 1.82. The largest absolute Gasteiger partial charge is 0.417 e. The van der Waals surface area contributed by atoms with Crippen LogP contribution in [-0.2, 0) is 12.6 Å². The third kappa shape index (κ3) is 1.91. The smallest absolute Gasteiger partial charge is 0.294 e. The van der Waals surface area contributed by atoms with Gasteiger partial charge in [-0.3, -0.25) is 4.79 Å². The van der Waals surface area contributed by atoms with E-state index in [0.717, 1.165) is 0 Å². The molecular formula is C10H7ClF3NO. The van der Waals surface area contributed by atoms with Crippen LogP contribution in [0.5, 0.6) is 0 Å². The van der Waals surface area contributed by atoms with Gasteiger partial charge in [0.15, 0.2) is 5.78 Å². The monoisotopic (exact) mass is 249 g/mol. The number of aromatic nitrogens is 1. The first-order valence-electron chi connectivity index (χ1n) is 4.69. The number of fused-ring (bicyclic) bond motifs is 1. The summed E-state index contributed by atoms with van der Waals surface area (Å²) in [6.07, 6.45) is -3.54. The number of nitrogens with zero attached hydrogens (tertiary/aromatic N) is 1. The summed E-state index contributed by atoms with van der Waals surface area (Å²) in [5, 5.41) is -0.222. The highest BCUT2D eigenvalue weighted by Crippen LogP contribution is 2.36. The maximum Gasteiger partial charge on any atom is 0.417 e. The van der Waals surface area contributed by atoms with Gasteiger partial charge in [-0.1, -0.05) is 11.6 Å². The molecule has 0 aromatic carbocycles. The van der Waals surface area contributed by atoms with Crippen LogP contribution in [0.2, 0.25) is 5.15 Å². The number of carbonyl (C=O) groups is 1. The lowest BCUT2D eigenvalue weighted by atomic mass is 9.91. The fourth-order valence-corrected chi connectivity index (χ4v) is 2.03. The second-order valence-corrected chi connectivity index (χ2v) is 3.98. The SMILES string of the molecule is O=C1CCCc2nc(Cl)cc(C(F)(F)F)c21. The Balaban J connectivity index is 2.68. The Labute approximate surface area is 94.4 Å². The number of ketones is 1. The van der Waals surface area contributed by atoms with E-state index in [4.69, 9.17) is 11.6 Å². The highest BCUT2D eigenvalue weighted by atomic mass is 35.5. The molecule has 1 heterocycles. The third-order valence-electron chi connectivity index (χ3n) is 2.46. The maximum atomic E-state index is 12.7. The molecule has 2 rings (SSSR count). The van der Waals surface area contributed by atoms with Crippen LogP contribution in [0.25, 0.3) is 0 Å². The van der Waals surface area contributed by atoms with Crippen LogP contribution in [0.1, 0.15) is 34.5 Å². The molecule has 1 aliphatic carbocycles. The van der Waals surface area contributed by atoms with Gasteiger partial charge in [0, 0.05) is 6.42 Å². The summed E-state index contributed by atoms with van der Waals surface area (Å²) in [7, 11) is 0. The van der Waals surface area contributed by atoms with Crippen LogP contribution in [0.3, 0.4) is 0 Å². The Kier molecular flexibility index (Phi) is 2.66. The zero-order chi connectivity index (χ0) is 11.9. The molecule has 0 saturated carbocycles. The van der Waals surface area contributed by atoms with Crippen molar-refractivity contribution in [3.63, 3.8) is 0 Å². The maximum absolute atomic E-state index is 12.7. The first kappa shape index (κ1) is 11.4. The van der Waals surface area contributed by atoms with Gasteiger partial charge in [0.25, 0.3) is 0 Å². The third-order valence-corrected chi connectivity index (χ3v) is 2.66. The van der Waals surface area contributed by atoms with Crippen LogP contribution >= 0.6 is 11.6 Å². The minimum Gasteiger partial charge on any atom is -0.294 e. The molecule has 0 spiro atoms. The first-order chi connectivity index (χ1) is 7.39. The van der Waals surface area contributed by atoms with Crippen molar-refractivity contribution in [2.45, 2.75) is 25.4 Å². The average Bonchev–Trinajstić information content (AvgIpc) is 2.15. The number of halogens is 4. The average molecular weight is 250 g/mol. The molecule has 0 saturated heterocycles. The summed E-state index contributed by atoms with van der Waals surface area (Å²) in [6.45, 7) is 0. The van der Waals surface area contributed by atoms with Gasteiger partial charge in [0.2, 0.25) is 0 Å². The van der Waals surface area contributed by atoms with Crippen LogP contribution in [0.4, 0.5) is 13.2 Å². The minimum atomic E-state index is -4.57. The van der Waals surface area contributed by atoms with Crippen molar-refractivity contribution in [3.05, 3.63) is 28.0 Å². The summed E-state index contributed by atoms with van der Waals surface area (Å²) in [6, 6.07) is 0.712. The molecule has 16 heavy (non-hydrogen) atoms. The molecule has 86 valence electrons. The van der Waals surface area contributed by atoms with E-state index in [0.29, 0.717) is 18.9 Å². The Hall–Kier alpha value is -1.10. The molecule has 0 aliphatic heterocycles. The Morgan fingerprint density at radius 3 is 2.62 bits per heavy atom. The number of Topliss-reactive ketones (excluding diaryl/α,β-unsaturated/α-hetero) is 1. The molecule has 6 heteroatoms. The molecule has 0 radical (unpaired) electrons. The van der Waals surface area contributed by atoms with Crippen LogP contribution < -0.4 is 0 Å². The topological polar surface area (TPSA) is 30.0 Å². The molecule has 0 fully saturated rings. The van der Waals surface area contributed by atoms with E-state index in [1.165, 1.54) is 0 Å². The highest BCUT2D eigenvalue weighted by Gasteiger charge is 2.38. The molecule has 2 nitrogen and oxygen atoms in total. The van der Waals surface area contributed by atoms with Crippen molar-refractivity contribution in [3.8, 4) is 0 Å². The molecule has 1 aromatic rings. The van der Waals surface area contributed by atoms with Gasteiger partial charge < -0.3 is 0 Å². The van der Waals surface area contributed by atoms with Gasteiger partial charge in [-0.2, -0.15) is 13.2 Å². The predicted octanol–water partition coefficient (Wildman–Crippen LogP) is 3.27. The van der Waals surface area contributed by atoms with Gasteiger partial charge in [0.1, 0.15) is 5.15 Å². The van der Waals surface area contributed by atoms with Crippen LogP contribution in [0, 0.1) is 0 Å². The van der Waals surface area contributed by atoms with E-state index < -0.39 is 17.5 Å². The van der Waals surface area contributed by atoms with Crippen molar-refractivity contribution in [2.75, 3.05) is 0 Å². The number of hydrogen-bond acceptors (Lipinski definition) is 2. The Bertz CT molecular complexity index is 456. The van der Waals surface area contributed by atoms with Gasteiger partial charge in [-0.25, -0.2) is 4.98 Å². The van der Waals surface area contributed by atoms with Gasteiger partial charge in [0.05, 0.1) is 16.8 Å². The van der Waals surface area contributed by atoms with E-state index in [-0.39, 0.29) is 22.8 Å². The number of hydrogen-bond donors (Lipinski definition) is 0. The van der Waals surface area contributed by atoms with Crippen molar-refractivity contribution in [1.29, 1.82) is 0 Å². The lowest BCUT2D eigenvalue weighted by Crippen LogP contribution is -2.20. The van der Waals surface area contributed by atoms with Gasteiger partial charge in [-0.15, -0.1) is 0 Å². The second kappa shape index (κ2) is 3.73. The molecule has 0 bridgehead atoms.